The molecule has 3 aliphatic rings. The molecule has 0 aromatic carbocycles. The van der Waals surface area contributed by atoms with Crippen LogP contribution in [0.15, 0.2) is 22.7 Å². The number of allylic oxidation sites excluding steroid dienone is 1. The summed E-state index contributed by atoms with van der Waals surface area (Å²) in [5.74, 6) is 2.17. The van der Waals surface area contributed by atoms with Gasteiger partial charge in [0.2, 0.25) is 0 Å². The normalized spacial score (nSPS) is 41.9. The van der Waals surface area contributed by atoms with Gasteiger partial charge in [-0.2, -0.15) is 0 Å². The van der Waals surface area contributed by atoms with Crippen LogP contribution in [0.4, 0.5) is 0 Å². The maximum atomic E-state index is 6.40. The second-order valence-corrected chi connectivity index (χ2v) is 15.6. The van der Waals surface area contributed by atoms with Gasteiger partial charge in [-0.05, 0) is 86.8 Å². The molecule has 2 fully saturated rings. The van der Waals surface area contributed by atoms with E-state index in [-0.39, 0.29) is 11.7 Å². The molecular formula is C23H39BrO2Si. The number of ether oxygens (including phenoxy) is 1. The molecule has 3 rings (SSSR count). The van der Waals surface area contributed by atoms with Crippen molar-refractivity contribution in [2.75, 3.05) is 6.61 Å². The molecule has 0 N–H and O–H groups in total. The molecule has 4 heteroatoms. The van der Waals surface area contributed by atoms with Gasteiger partial charge in [-0.3, -0.25) is 0 Å². The molecule has 0 saturated heterocycles. The van der Waals surface area contributed by atoms with Gasteiger partial charge in [-0.1, -0.05) is 47.5 Å². The molecule has 2 saturated carbocycles. The van der Waals surface area contributed by atoms with E-state index in [9.17, 15) is 0 Å². The Morgan fingerprint density at radius 3 is 2.70 bits per heavy atom. The molecule has 27 heavy (non-hydrogen) atoms. The van der Waals surface area contributed by atoms with Crippen LogP contribution in [0.3, 0.4) is 0 Å². The van der Waals surface area contributed by atoms with E-state index in [4.69, 9.17) is 9.16 Å². The molecule has 154 valence electrons. The predicted octanol–water partition coefficient (Wildman–Crippen LogP) is 7.07. The molecule has 0 spiro atoms. The molecule has 0 aromatic heterocycles. The topological polar surface area (TPSA) is 18.5 Å². The van der Waals surface area contributed by atoms with E-state index in [0.717, 1.165) is 24.9 Å². The van der Waals surface area contributed by atoms with Crippen molar-refractivity contribution in [1.29, 1.82) is 0 Å². The van der Waals surface area contributed by atoms with E-state index in [1.54, 1.807) is 5.57 Å². The van der Waals surface area contributed by atoms with E-state index in [1.165, 1.54) is 32.1 Å². The molecule has 0 bridgehead atoms. The maximum Gasteiger partial charge on any atom is 0.184 e. The predicted molar refractivity (Wildman–Crippen MR) is 121 cm³/mol. The molecule has 0 aromatic rings. The minimum atomic E-state index is -1.55. The second-order valence-electron chi connectivity index (χ2n) is 10.7. The maximum absolute atomic E-state index is 6.40. The first-order chi connectivity index (χ1) is 12.6. The van der Waals surface area contributed by atoms with Gasteiger partial charge in [0.05, 0.1) is 18.3 Å². The minimum absolute atomic E-state index is 0.137. The van der Waals surface area contributed by atoms with Crippen molar-refractivity contribution in [1.82, 2.24) is 0 Å². The fourth-order valence-corrected chi connectivity index (χ4v) is 8.37. The molecule has 0 amide bonds. The van der Waals surface area contributed by atoms with Gasteiger partial charge >= 0.3 is 0 Å². The summed E-state index contributed by atoms with van der Waals surface area (Å²) in [5.41, 5.74) is 1.97. The second kappa shape index (κ2) is 8.08. The highest BCUT2D eigenvalue weighted by atomic mass is 79.9. The zero-order chi connectivity index (χ0) is 19.9. The van der Waals surface area contributed by atoms with Crippen molar-refractivity contribution in [2.24, 2.45) is 23.2 Å². The van der Waals surface area contributed by atoms with Gasteiger partial charge in [-0.25, -0.2) is 0 Å². The van der Waals surface area contributed by atoms with Crippen molar-refractivity contribution in [3.8, 4) is 0 Å². The minimum Gasteiger partial charge on any atom is -0.409 e. The first-order valence-electron chi connectivity index (χ1n) is 10.9. The Labute approximate surface area is 176 Å². The zero-order valence-electron chi connectivity index (χ0n) is 18.2. The van der Waals surface area contributed by atoms with Gasteiger partial charge in [0.15, 0.2) is 8.32 Å². The fourth-order valence-electron chi connectivity index (χ4n) is 6.27. The molecule has 0 radical (unpaired) electrons. The van der Waals surface area contributed by atoms with Crippen molar-refractivity contribution >= 4 is 24.2 Å². The summed E-state index contributed by atoms with van der Waals surface area (Å²) in [6, 6.07) is 0. The SMILES string of the molecule is C[C@@H](CO[C@H]1C=C[C@](C)(O[Si](C)(C)C)C1)[C@H]1CCC2/C(=C/Br)CCC[C@@]21C. The molecule has 6 atom stereocenters. The van der Waals surface area contributed by atoms with Crippen LogP contribution in [0, 0.1) is 23.2 Å². The van der Waals surface area contributed by atoms with Crippen LogP contribution in [0.1, 0.15) is 59.3 Å². The van der Waals surface area contributed by atoms with Crippen LogP contribution in [0.25, 0.3) is 0 Å². The highest BCUT2D eigenvalue weighted by Gasteiger charge is 2.50. The lowest BCUT2D eigenvalue weighted by Gasteiger charge is -2.44. The lowest BCUT2D eigenvalue weighted by Crippen LogP contribution is -2.39. The zero-order valence-corrected chi connectivity index (χ0v) is 20.8. The van der Waals surface area contributed by atoms with Crippen molar-refractivity contribution < 1.29 is 9.16 Å². The summed E-state index contributed by atoms with van der Waals surface area (Å²) >= 11 is 3.63. The first kappa shape index (κ1) is 21.8. The number of hydrogen-bond donors (Lipinski definition) is 0. The van der Waals surface area contributed by atoms with Crippen LogP contribution in [-0.2, 0) is 9.16 Å². The summed E-state index contributed by atoms with van der Waals surface area (Å²) in [6.45, 7) is 14.8. The number of halogens is 1. The van der Waals surface area contributed by atoms with E-state index < -0.39 is 8.32 Å². The van der Waals surface area contributed by atoms with Gasteiger partial charge < -0.3 is 9.16 Å². The Morgan fingerprint density at radius 2 is 2.04 bits per heavy atom. The van der Waals surface area contributed by atoms with E-state index in [1.807, 2.05) is 0 Å². The number of fused-ring (bicyclic) bond motifs is 1. The third-order valence-corrected chi connectivity index (χ3v) is 8.91. The quantitative estimate of drug-likeness (QED) is 0.315. The Morgan fingerprint density at radius 1 is 1.30 bits per heavy atom. The molecule has 2 nitrogen and oxygen atoms in total. The summed E-state index contributed by atoms with van der Waals surface area (Å²) in [6.07, 6.45) is 12.4. The van der Waals surface area contributed by atoms with E-state index in [2.05, 4.69) is 73.5 Å². The summed E-state index contributed by atoms with van der Waals surface area (Å²) < 4.78 is 12.8. The van der Waals surface area contributed by atoms with Crippen LogP contribution in [0.2, 0.25) is 19.6 Å². The molecule has 3 aliphatic carbocycles. The Bertz CT molecular complexity index is 596. The lowest BCUT2D eigenvalue weighted by atomic mass is 9.61. The Balaban J connectivity index is 1.55. The molecular weight excluding hydrogens is 416 g/mol. The third-order valence-electron chi connectivity index (χ3n) is 7.25. The number of rotatable bonds is 6. The van der Waals surface area contributed by atoms with Gasteiger partial charge in [0, 0.05) is 6.42 Å². The monoisotopic (exact) mass is 454 g/mol. The van der Waals surface area contributed by atoms with Crippen LogP contribution < -0.4 is 0 Å². The van der Waals surface area contributed by atoms with Gasteiger partial charge in [-0.15, -0.1) is 0 Å². The van der Waals surface area contributed by atoms with E-state index in [0.29, 0.717) is 11.3 Å². The van der Waals surface area contributed by atoms with Crippen molar-refractivity contribution in [2.45, 2.75) is 90.6 Å². The van der Waals surface area contributed by atoms with E-state index >= 15 is 0 Å². The first-order valence-corrected chi connectivity index (χ1v) is 15.2. The molecule has 1 unspecified atom stereocenters. The van der Waals surface area contributed by atoms with Crippen LogP contribution >= 0.6 is 15.9 Å². The summed E-state index contributed by atoms with van der Waals surface area (Å²) in [4.78, 5) is 2.22. The smallest absolute Gasteiger partial charge is 0.184 e. The standard InChI is InChI=1S/C23H39BrO2Si/c1-17(16-25-19-11-13-22(2,14-19)26-27(4,5)6)20-9-10-21-18(15-24)8-7-12-23(20,21)3/h11,13,15,17,19-21H,7-10,12,14,16H2,1-6H3/b18-15+/t17-,19-,20+,21?,22-,23+/m0/s1. The summed E-state index contributed by atoms with van der Waals surface area (Å²) in [5, 5.41) is 0. The molecule has 0 aliphatic heterocycles. The average Bonchev–Trinajstić information content (AvgIpc) is 3.10. The molecule has 0 heterocycles. The van der Waals surface area contributed by atoms with Crippen LogP contribution in [0.5, 0.6) is 0 Å². The number of hydrogen-bond acceptors (Lipinski definition) is 2. The Kier molecular flexibility index (Phi) is 6.52. The Hall–Kier alpha value is 0.0969. The largest absolute Gasteiger partial charge is 0.409 e. The van der Waals surface area contributed by atoms with Gasteiger partial charge in [0.1, 0.15) is 0 Å². The third kappa shape index (κ3) is 4.82. The average molecular weight is 456 g/mol. The van der Waals surface area contributed by atoms with Crippen molar-refractivity contribution in [3.63, 3.8) is 0 Å². The highest BCUT2D eigenvalue weighted by Crippen LogP contribution is 2.59. The fraction of sp³-hybridized carbons (Fsp3) is 0.826. The summed E-state index contributed by atoms with van der Waals surface area (Å²) in [7, 11) is -1.55. The van der Waals surface area contributed by atoms with Crippen LogP contribution in [-0.4, -0.2) is 26.6 Å². The van der Waals surface area contributed by atoms with Gasteiger partial charge in [0.25, 0.3) is 0 Å². The lowest BCUT2D eigenvalue weighted by molar-refractivity contribution is -0.00461. The highest BCUT2D eigenvalue weighted by molar-refractivity contribution is 9.11. The van der Waals surface area contributed by atoms with Crippen molar-refractivity contribution in [3.05, 3.63) is 22.7 Å².